The number of hydrogen-bond donors (Lipinski definition) is 1. The van der Waals surface area contributed by atoms with Crippen molar-refractivity contribution in [2.24, 2.45) is 5.41 Å². The molecule has 1 unspecified atom stereocenters. The predicted molar refractivity (Wildman–Crippen MR) is 73.9 cm³/mol. The largest absolute Gasteiger partial charge is 0.310 e. The Kier molecular flexibility index (Phi) is 5.80. The van der Waals surface area contributed by atoms with Crippen molar-refractivity contribution in [3.05, 3.63) is 30.1 Å². The van der Waals surface area contributed by atoms with E-state index in [0.717, 1.165) is 25.8 Å². The second-order valence-electron chi connectivity index (χ2n) is 5.41. The SMILES string of the molecule is CC(NCCCCC(C)(C)C#N)c1ccncc1. The number of nitrogens with zero attached hydrogens (tertiary/aromatic N) is 2. The minimum atomic E-state index is -0.184. The fourth-order valence-electron chi connectivity index (χ4n) is 1.84. The standard InChI is InChI=1S/C15H23N3/c1-13(14-6-10-17-11-7-14)18-9-5-4-8-15(2,3)12-16/h6-7,10-11,13,18H,4-5,8-9H2,1-3H3. The van der Waals surface area contributed by atoms with Gasteiger partial charge in [0, 0.05) is 18.4 Å². The molecule has 0 aliphatic carbocycles. The molecular formula is C15H23N3. The van der Waals surface area contributed by atoms with Crippen LogP contribution in [-0.2, 0) is 0 Å². The molecule has 0 spiro atoms. The smallest absolute Gasteiger partial charge is 0.0683 e. The maximum Gasteiger partial charge on any atom is 0.0683 e. The monoisotopic (exact) mass is 245 g/mol. The van der Waals surface area contributed by atoms with E-state index >= 15 is 0 Å². The van der Waals surface area contributed by atoms with E-state index in [1.54, 1.807) is 0 Å². The molecule has 0 aliphatic heterocycles. The Morgan fingerprint density at radius 2 is 2.00 bits per heavy atom. The summed E-state index contributed by atoms with van der Waals surface area (Å²) in [5.41, 5.74) is 1.08. The van der Waals surface area contributed by atoms with Gasteiger partial charge in [-0.3, -0.25) is 4.98 Å². The maximum absolute atomic E-state index is 8.92. The van der Waals surface area contributed by atoms with E-state index in [4.69, 9.17) is 5.26 Å². The molecule has 3 nitrogen and oxygen atoms in total. The van der Waals surface area contributed by atoms with Crippen LogP contribution in [0.2, 0.25) is 0 Å². The van der Waals surface area contributed by atoms with E-state index in [2.05, 4.69) is 23.3 Å². The van der Waals surface area contributed by atoms with Gasteiger partial charge in [0.05, 0.1) is 11.5 Å². The second kappa shape index (κ2) is 7.13. The quantitative estimate of drug-likeness (QED) is 0.748. The van der Waals surface area contributed by atoms with Gasteiger partial charge in [-0.15, -0.1) is 0 Å². The van der Waals surface area contributed by atoms with Crippen molar-refractivity contribution in [3.8, 4) is 6.07 Å². The molecule has 0 saturated carbocycles. The lowest BCUT2D eigenvalue weighted by atomic mass is 9.89. The number of nitriles is 1. The highest BCUT2D eigenvalue weighted by Crippen LogP contribution is 2.21. The molecule has 1 aromatic rings. The van der Waals surface area contributed by atoms with Crippen molar-refractivity contribution >= 4 is 0 Å². The van der Waals surface area contributed by atoms with Crippen LogP contribution in [0.15, 0.2) is 24.5 Å². The van der Waals surface area contributed by atoms with Gasteiger partial charge in [0.2, 0.25) is 0 Å². The van der Waals surface area contributed by atoms with Crippen LogP contribution in [0.3, 0.4) is 0 Å². The van der Waals surface area contributed by atoms with E-state index < -0.39 is 0 Å². The Morgan fingerprint density at radius 3 is 2.61 bits per heavy atom. The fraction of sp³-hybridized carbons (Fsp3) is 0.600. The van der Waals surface area contributed by atoms with Crippen molar-refractivity contribution in [3.63, 3.8) is 0 Å². The molecule has 0 radical (unpaired) electrons. The molecule has 1 atom stereocenters. The Morgan fingerprint density at radius 1 is 1.33 bits per heavy atom. The lowest BCUT2D eigenvalue weighted by Gasteiger charge is -2.16. The second-order valence-corrected chi connectivity index (χ2v) is 5.41. The first-order chi connectivity index (χ1) is 8.55. The number of hydrogen-bond acceptors (Lipinski definition) is 3. The van der Waals surface area contributed by atoms with Crippen LogP contribution in [0.5, 0.6) is 0 Å². The van der Waals surface area contributed by atoms with Crippen LogP contribution in [0, 0.1) is 16.7 Å². The lowest BCUT2D eigenvalue weighted by Crippen LogP contribution is -2.20. The Bertz CT molecular complexity index is 378. The highest BCUT2D eigenvalue weighted by Gasteiger charge is 2.15. The highest BCUT2D eigenvalue weighted by atomic mass is 14.9. The maximum atomic E-state index is 8.92. The summed E-state index contributed by atoms with van der Waals surface area (Å²) in [6, 6.07) is 6.77. The van der Waals surface area contributed by atoms with Crippen LogP contribution >= 0.6 is 0 Å². The minimum Gasteiger partial charge on any atom is -0.310 e. The molecule has 0 aromatic carbocycles. The summed E-state index contributed by atoms with van der Waals surface area (Å²) in [4.78, 5) is 4.02. The van der Waals surface area contributed by atoms with Crippen molar-refractivity contribution < 1.29 is 0 Å². The summed E-state index contributed by atoms with van der Waals surface area (Å²) in [6.45, 7) is 7.15. The average Bonchev–Trinajstić information content (AvgIpc) is 2.39. The molecule has 98 valence electrons. The third-order valence-electron chi connectivity index (χ3n) is 3.19. The Hall–Kier alpha value is -1.40. The number of aromatic nitrogens is 1. The van der Waals surface area contributed by atoms with Gasteiger partial charge in [0.15, 0.2) is 0 Å². The number of nitrogens with one attached hydrogen (secondary N) is 1. The van der Waals surface area contributed by atoms with Gasteiger partial charge in [-0.2, -0.15) is 5.26 Å². The molecule has 0 aliphatic rings. The zero-order chi connectivity index (χ0) is 13.4. The summed E-state index contributed by atoms with van der Waals surface area (Å²) in [5, 5.41) is 12.4. The summed E-state index contributed by atoms with van der Waals surface area (Å²) < 4.78 is 0. The molecule has 18 heavy (non-hydrogen) atoms. The zero-order valence-corrected chi connectivity index (χ0v) is 11.6. The van der Waals surface area contributed by atoms with Gasteiger partial charge in [-0.1, -0.05) is 6.42 Å². The van der Waals surface area contributed by atoms with Crippen LogP contribution in [-0.4, -0.2) is 11.5 Å². The Labute approximate surface area is 110 Å². The third kappa shape index (κ3) is 5.29. The first-order valence-corrected chi connectivity index (χ1v) is 6.60. The van der Waals surface area contributed by atoms with E-state index in [0.29, 0.717) is 6.04 Å². The summed E-state index contributed by atoms with van der Waals surface area (Å²) in [6.07, 6.45) is 6.82. The summed E-state index contributed by atoms with van der Waals surface area (Å²) in [5.74, 6) is 0. The normalized spacial score (nSPS) is 13.0. The molecule has 1 N–H and O–H groups in total. The molecule has 0 fully saturated rings. The van der Waals surface area contributed by atoms with Crippen LogP contribution in [0.1, 0.15) is 51.6 Å². The highest BCUT2D eigenvalue weighted by molar-refractivity contribution is 5.13. The zero-order valence-electron chi connectivity index (χ0n) is 11.6. The molecular weight excluding hydrogens is 222 g/mol. The van der Waals surface area contributed by atoms with E-state index in [1.165, 1.54) is 5.56 Å². The van der Waals surface area contributed by atoms with Gasteiger partial charge in [0.1, 0.15) is 0 Å². The summed E-state index contributed by atoms with van der Waals surface area (Å²) in [7, 11) is 0. The number of rotatable bonds is 7. The molecule has 1 rings (SSSR count). The average molecular weight is 245 g/mol. The first-order valence-electron chi connectivity index (χ1n) is 6.60. The minimum absolute atomic E-state index is 0.184. The molecule has 0 amide bonds. The van der Waals surface area contributed by atoms with Crippen LogP contribution in [0.25, 0.3) is 0 Å². The summed E-state index contributed by atoms with van der Waals surface area (Å²) >= 11 is 0. The molecule has 1 heterocycles. The van der Waals surface area contributed by atoms with Gasteiger partial charge >= 0.3 is 0 Å². The Balaban J connectivity index is 2.18. The van der Waals surface area contributed by atoms with Gasteiger partial charge in [0.25, 0.3) is 0 Å². The van der Waals surface area contributed by atoms with Crippen molar-refractivity contribution in [1.82, 2.24) is 10.3 Å². The van der Waals surface area contributed by atoms with Crippen molar-refractivity contribution in [2.75, 3.05) is 6.54 Å². The first kappa shape index (κ1) is 14.7. The molecule has 1 aromatic heterocycles. The van der Waals surface area contributed by atoms with Crippen molar-refractivity contribution in [1.29, 1.82) is 5.26 Å². The van der Waals surface area contributed by atoms with E-state index in [-0.39, 0.29) is 5.41 Å². The van der Waals surface area contributed by atoms with E-state index in [9.17, 15) is 0 Å². The third-order valence-corrected chi connectivity index (χ3v) is 3.19. The number of unbranched alkanes of at least 4 members (excludes halogenated alkanes) is 1. The van der Waals surface area contributed by atoms with Crippen LogP contribution < -0.4 is 5.32 Å². The molecule has 3 heteroatoms. The molecule has 0 bridgehead atoms. The van der Waals surface area contributed by atoms with Crippen molar-refractivity contribution in [2.45, 2.75) is 46.1 Å². The van der Waals surface area contributed by atoms with Gasteiger partial charge < -0.3 is 5.32 Å². The lowest BCUT2D eigenvalue weighted by molar-refractivity contribution is 0.418. The number of pyridine rings is 1. The van der Waals surface area contributed by atoms with Crippen LogP contribution in [0.4, 0.5) is 0 Å². The predicted octanol–water partition coefficient (Wildman–Crippen LogP) is 3.45. The topological polar surface area (TPSA) is 48.7 Å². The molecule has 0 saturated heterocycles. The van der Waals surface area contributed by atoms with E-state index in [1.807, 2.05) is 38.4 Å². The van der Waals surface area contributed by atoms with Gasteiger partial charge in [-0.25, -0.2) is 0 Å². The van der Waals surface area contributed by atoms with Gasteiger partial charge in [-0.05, 0) is 57.9 Å². The fourth-order valence-corrected chi connectivity index (χ4v) is 1.84.